The lowest BCUT2D eigenvalue weighted by Gasteiger charge is -2.16. The van der Waals surface area contributed by atoms with Gasteiger partial charge in [0.2, 0.25) is 0 Å². The molecule has 3 rings (SSSR count). The molecule has 142 valence electrons. The van der Waals surface area contributed by atoms with Crippen molar-refractivity contribution in [2.45, 2.75) is 18.0 Å². The molecule has 0 radical (unpaired) electrons. The zero-order chi connectivity index (χ0) is 19.8. The molecule has 0 fully saturated rings. The standard InChI is InChI=1S/C16H12ClF3N4O2S/c1-10-7-12(9-21-15(10)17)27(25,26)23-13-8-11(16(18,19)20)3-4-14(13)24-6-2-5-22-24/h2-9,23H,1H3. The van der Waals surface area contributed by atoms with Gasteiger partial charge in [0.25, 0.3) is 10.0 Å². The molecule has 0 unspecified atom stereocenters. The van der Waals surface area contributed by atoms with E-state index in [-0.39, 0.29) is 21.4 Å². The molecule has 0 saturated carbocycles. The van der Waals surface area contributed by atoms with E-state index in [0.29, 0.717) is 11.6 Å². The van der Waals surface area contributed by atoms with Gasteiger partial charge in [-0.05, 0) is 42.8 Å². The Morgan fingerprint density at radius 1 is 1.22 bits per heavy atom. The summed E-state index contributed by atoms with van der Waals surface area (Å²) in [6, 6.07) is 5.54. The number of pyridine rings is 1. The molecule has 0 saturated heterocycles. The summed E-state index contributed by atoms with van der Waals surface area (Å²) < 4.78 is 67.9. The summed E-state index contributed by atoms with van der Waals surface area (Å²) in [6.07, 6.45) is -0.711. The highest BCUT2D eigenvalue weighted by Gasteiger charge is 2.32. The van der Waals surface area contributed by atoms with Crippen molar-refractivity contribution < 1.29 is 21.6 Å². The van der Waals surface area contributed by atoms with Crippen LogP contribution in [0.3, 0.4) is 0 Å². The van der Waals surface area contributed by atoms with Gasteiger partial charge < -0.3 is 0 Å². The van der Waals surface area contributed by atoms with Gasteiger partial charge in [-0.3, -0.25) is 4.72 Å². The molecule has 0 amide bonds. The lowest BCUT2D eigenvalue weighted by molar-refractivity contribution is -0.137. The van der Waals surface area contributed by atoms with E-state index >= 15 is 0 Å². The number of benzene rings is 1. The molecule has 1 N–H and O–H groups in total. The van der Waals surface area contributed by atoms with Gasteiger partial charge in [0.1, 0.15) is 10.0 Å². The van der Waals surface area contributed by atoms with E-state index in [9.17, 15) is 21.6 Å². The van der Waals surface area contributed by atoms with Crippen LogP contribution in [0.2, 0.25) is 5.15 Å². The van der Waals surface area contributed by atoms with Crippen molar-refractivity contribution >= 4 is 27.3 Å². The fourth-order valence-electron chi connectivity index (χ4n) is 2.29. The van der Waals surface area contributed by atoms with Crippen LogP contribution in [0.4, 0.5) is 18.9 Å². The minimum atomic E-state index is -4.64. The normalized spacial score (nSPS) is 12.2. The van der Waals surface area contributed by atoms with Crippen molar-refractivity contribution in [1.82, 2.24) is 14.8 Å². The van der Waals surface area contributed by atoms with Gasteiger partial charge in [0.05, 0.1) is 16.9 Å². The molecule has 0 aliphatic rings. The first-order chi connectivity index (χ1) is 12.6. The monoisotopic (exact) mass is 416 g/mol. The molecule has 27 heavy (non-hydrogen) atoms. The van der Waals surface area contributed by atoms with Gasteiger partial charge in [0, 0.05) is 18.6 Å². The molecule has 2 heterocycles. The van der Waals surface area contributed by atoms with Gasteiger partial charge in [-0.25, -0.2) is 18.1 Å². The Labute approximate surface area is 157 Å². The van der Waals surface area contributed by atoms with Crippen molar-refractivity contribution in [2.75, 3.05) is 4.72 Å². The van der Waals surface area contributed by atoms with Gasteiger partial charge >= 0.3 is 6.18 Å². The highest BCUT2D eigenvalue weighted by molar-refractivity contribution is 7.92. The fourth-order valence-corrected chi connectivity index (χ4v) is 3.49. The molecule has 6 nitrogen and oxygen atoms in total. The summed E-state index contributed by atoms with van der Waals surface area (Å²) in [7, 11) is -4.21. The molecule has 0 aliphatic heterocycles. The van der Waals surface area contributed by atoms with Crippen LogP contribution in [-0.2, 0) is 16.2 Å². The van der Waals surface area contributed by atoms with E-state index in [2.05, 4.69) is 14.8 Å². The number of halogens is 4. The van der Waals surface area contributed by atoms with Gasteiger partial charge in [-0.15, -0.1) is 0 Å². The molecule has 0 bridgehead atoms. The lowest BCUT2D eigenvalue weighted by atomic mass is 10.1. The molecule has 0 spiro atoms. The van der Waals surface area contributed by atoms with Gasteiger partial charge in [0.15, 0.2) is 0 Å². The number of nitrogens with zero attached hydrogens (tertiary/aromatic N) is 3. The second-order valence-corrected chi connectivity index (χ2v) is 7.60. The van der Waals surface area contributed by atoms with E-state index < -0.39 is 21.8 Å². The molecule has 2 aromatic heterocycles. The van der Waals surface area contributed by atoms with E-state index in [1.54, 1.807) is 13.0 Å². The Kier molecular flexibility index (Phi) is 4.87. The number of hydrogen-bond acceptors (Lipinski definition) is 4. The quantitative estimate of drug-likeness (QED) is 0.651. The summed E-state index contributed by atoms with van der Waals surface area (Å²) in [5.74, 6) is 0. The molecular weight excluding hydrogens is 405 g/mol. The maximum atomic E-state index is 13.1. The SMILES string of the molecule is Cc1cc(S(=O)(=O)Nc2cc(C(F)(F)F)ccc2-n2cccn2)cnc1Cl. The highest BCUT2D eigenvalue weighted by Crippen LogP contribution is 2.34. The first-order valence-electron chi connectivity index (χ1n) is 7.44. The van der Waals surface area contributed by atoms with Crippen LogP contribution in [0.5, 0.6) is 0 Å². The van der Waals surface area contributed by atoms with Crippen molar-refractivity contribution in [3.05, 3.63) is 65.2 Å². The van der Waals surface area contributed by atoms with E-state index in [1.807, 2.05) is 0 Å². The molecular formula is C16H12ClF3N4O2S. The average molecular weight is 417 g/mol. The predicted octanol–water partition coefficient (Wildman–Crippen LogP) is 4.05. The first-order valence-corrected chi connectivity index (χ1v) is 9.30. The second kappa shape index (κ2) is 6.86. The largest absolute Gasteiger partial charge is 0.416 e. The third-order valence-corrected chi connectivity index (χ3v) is 5.35. The molecule has 11 heteroatoms. The Hall–Kier alpha value is -2.59. The maximum absolute atomic E-state index is 13.1. The Morgan fingerprint density at radius 3 is 2.56 bits per heavy atom. The first kappa shape index (κ1) is 19.2. The van der Waals surface area contributed by atoms with E-state index in [0.717, 1.165) is 18.3 Å². The molecule has 3 aromatic rings. The van der Waals surface area contributed by atoms with Crippen LogP contribution in [0.1, 0.15) is 11.1 Å². The minimum Gasteiger partial charge on any atom is -0.277 e. The number of sulfonamides is 1. The molecule has 0 atom stereocenters. The van der Waals surface area contributed by atoms with Gasteiger partial charge in [-0.2, -0.15) is 18.3 Å². The third kappa shape index (κ3) is 4.06. The number of rotatable bonds is 4. The van der Waals surface area contributed by atoms with Crippen LogP contribution in [-0.4, -0.2) is 23.2 Å². The number of nitrogens with one attached hydrogen (secondary N) is 1. The Balaban J connectivity index is 2.09. The number of aryl methyl sites for hydroxylation is 1. The summed E-state index contributed by atoms with van der Waals surface area (Å²) >= 11 is 5.79. The maximum Gasteiger partial charge on any atom is 0.416 e. The van der Waals surface area contributed by atoms with Crippen molar-refractivity contribution in [3.63, 3.8) is 0 Å². The number of aromatic nitrogens is 3. The Bertz CT molecular complexity index is 1080. The topological polar surface area (TPSA) is 76.9 Å². The van der Waals surface area contributed by atoms with Crippen molar-refractivity contribution in [2.24, 2.45) is 0 Å². The summed E-state index contributed by atoms with van der Waals surface area (Å²) in [4.78, 5) is 3.54. The molecule has 0 aliphatic carbocycles. The highest BCUT2D eigenvalue weighted by atomic mass is 35.5. The number of hydrogen-bond donors (Lipinski definition) is 1. The predicted molar refractivity (Wildman–Crippen MR) is 93.4 cm³/mol. The number of alkyl halides is 3. The average Bonchev–Trinajstić information content (AvgIpc) is 3.10. The molecule has 1 aromatic carbocycles. The van der Waals surface area contributed by atoms with Gasteiger partial charge in [-0.1, -0.05) is 11.6 Å². The Morgan fingerprint density at radius 2 is 1.96 bits per heavy atom. The summed E-state index contributed by atoms with van der Waals surface area (Å²) in [5.41, 5.74) is -0.728. The van der Waals surface area contributed by atoms with Crippen LogP contribution < -0.4 is 4.72 Å². The third-order valence-electron chi connectivity index (χ3n) is 3.62. The lowest BCUT2D eigenvalue weighted by Crippen LogP contribution is -2.16. The van der Waals surface area contributed by atoms with Crippen LogP contribution >= 0.6 is 11.6 Å². The minimum absolute atomic E-state index is 0.130. The second-order valence-electron chi connectivity index (χ2n) is 5.56. The van der Waals surface area contributed by atoms with Crippen LogP contribution in [0, 0.1) is 6.92 Å². The van der Waals surface area contributed by atoms with Crippen LogP contribution in [0.15, 0.2) is 53.8 Å². The van der Waals surface area contributed by atoms with Crippen molar-refractivity contribution in [1.29, 1.82) is 0 Å². The van der Waals surface area contributed by atoms with Crippen LogP contribution in [0.25, 0.3) is 5.69 Å². The zero-order valence-corrected chi connectivity index (χ0v) is 15.3. The van der Waals surface area contributed by atoms with E-state index in [1.165, 1.54) is 23.1 Å². The zero-order valence-electron chi connectivity index (χ0n) is 13.7. The summed E-state index contributed by atoms with van der Waals surface area (Å²) in [6.45, 7) is 1.56. The fraction of sp³-hybridized carbons (Fsp3) is 0.125. The smallest absolute Gasteiger partial charge is 0.277 e. The number of anilines is 1. The summed E-state index contributed by atoms with van der Waals surface area (Å²) in [5, 5.41) is 4.07. The van der Waals surface area contributed by atoms with Crippen molar-refractivity contribution in [3.8, 4) is 5.69 Å². The van der Waals surface area contributed by atoms with E-state index in [4.69, 9.17) is 11.6 Å².